The number of rotatable bonds is 7. The van der Waals surface area contributed by atoms with E-state index in [4.69, 9.17) is 9.47 Å². The molecule has 0 bridgehead atoms. The van der Waals surface area contributed by atoms with E-state index in [1.807, 2.05) is 48.5 Å². The molecule has 0 aromatic heterocycles. The molecule has 1 aromatic carbocycles. The molecule has 1 aromatic rings. The highest BCUT2D eigenvalue weighted by atomic mass is 32.2. The third-order valence-corrected chi connectivity index (χ3v) is 6.94. The third-order valence-electron chi connectivity index (χ3n) is 5.65. The number of amides is 1. The van der Waals surface area contributed by atoms with Crippen molar-refractivity contribution < 1.29 is 22.7 Å². The van der Waals surface area contributed by atoms with Crippen molar-refractivity contribution >= 4 is 22.0 Å². The normalized spacial score (nSPS) is 18.0. The van der Waals surface area contributed by atoms with Gasteiger partial charge in [0.25, 0.3) is 10.0 Å². The highest BCUT2D eigenvalue weighted by molar-refractivity contribution is 7.90. The molecule has 0 radical (unpaired) electrons. The maximum Gasteiger partial charge on any atom is 0.407 e. The quantitative estimate of drug-likeness (QED) is 0.404. The number of alkyl carbamates (subject to hydrolysis) is 1. The van der Waals surface area contributed by atoms with Gasteiger partial charge in [0.15, 0.2) is 0 Å². The Bertz CT molecular complexity index is 911. The monoisotopic (exact) mass is 480 g/mol. The van der Waals surface area contributed by atoms with Crippen LogP contribution in [-0.4, -0.2) is 38.2 Å². The van der Waals surface area contributed by atoms with Crippen molar-refractivity contribution in [3.63, 3.8) is 0 Å². The molecule has 1 fully saturated rings. The first-order valence-corrected chi connectivity index (χ1v) is 13.3. The van der Waals surface area contributed by atoms with Gasteiger partial charge in [-0.1, -0.05) is 43.9 Å². The largest absolute Gasteiger partial charge is 0.477 e. The summed E-state index contributed by atoms with van der Waals surface area (Å²) in [7, 11) is -3.97. The molecule has 2 atom stereocenters. The van der Waals surface area contributed by atoms with Crippen LogP contribution in [0.4, 0.5) is 4.79 Å². The Labute approximate surface area is 199 Å². The zero-order valence-corrected chi connectivity index (χ0v) is 21.9. The average molecular weight is 481 g/mol. The van der Waals surface area contributed by atoms with Gasteiger partial charge in [0, 0.05) is 6.04 Å². The van der Waals surface area contributed by atoms with Crippen LogP contribution in [0.2, 0.25) is 0 Å². The molecule has 33 heavy (non-hydrogen) atoms. The lowest BCUT2D eigenvalue weighted by molar-refractivity contribution is 0.0457. The maximum absolute atomic E-state index is 13.1. The number of aryl methyl sites for hydroxylation is 1. The summed E-state index contributed by atoms with van der Waals surface area (Å²) in [5, 5.41) is 3.01. The van der Waals surface area contributed by atoms with E-state index in [1.165, 1.54) is 0 Å². The molecule has 0 saturated heterocycles. The van der Waals surface area contributed by atoms with Crippen LogP contribution < -0.4 is 5.32 Å². The zero-order valence-electron chi connectivity index (χ0n) is 21.1. The van der Waals surface area contributed by atoms with E-state index in [-0.39, 0.29) is 28.9 Å². The van der Waals surface area contributed by atoms with E-state index in [2.05, 4.69) is 9.71 Å². The standard InChI is InChI=1S/C25H40N2O5S/c1-17(2)31-23(27-33(29,30)21-15-13-18(3)14-16-21)19(4)22(20-11-9-8-10-12-20)26-24(28)32-25(5,6)7/h13-17,19-20,22H,8-12H2,1-7H3,(H,26,28)/b27-23-. The molecule has 0 spiro atoms. The molecule has 186 valence electrons. The minimum atomic E-state index is -3.97. The topological polar surface area (TPSA) is 94.1 Å². The van der Waals surface area contributed by atoms with E-state index in [0.29, 0.717) is 0 Å². The van der Waals surface area contributed by atoms with Crippen LogP contribution in [0.1, 0.15) is 79.2 Å². The van der Waals surface area contributed by atoms with Crippen molar-refractivity contribution in [2.45, 2.75) is 103 Å². The van der Waals surface area contributed by atoms with Crippen molar-refractivity contribution in [1.29, 1.82) is 0 Å². The third kappa shape index (κ3) is 8.65. The van der Waals surface area contributed by atoms with E-state index in [9.17, 15) is 13.2 Å². The van der Waals surface area contributed by atoms with Crippen LogP contribution in [0.5, 0.6) is 0 Å². The van der Waals surface area contributed by atoms with Gasteiger partial charge >= 0.3 is 6.09 Å². The van der Waals surface area contributed by atoms with Crippen molar-refractivity contribution in [2.24, 2.45) is 16.2 Å². The van der Waals surface area contributed by atoms with Crippen LogP contribution in [0.3, 0.4) is 0 Å². The first kappa shape index (κ1) is 27.2. The Hall–Kier alpha value is -2.09. The summed E-state index contributed by atoms with van der Waals surface area (Å²) >= 11 is 0. The second-order valence-electron chi connectivity index (χ2n) is 10.2. The molecule has 1 N–H and O–H groups in total. The van der Waals surface area contributed by atoms with Gasteiger partial charge in [-0.3, -0.25) is 0 Å². The molecule has 0 aliphatic heterocycles. The SMILES string of the molecule is Cc1ccc(S(=O)(=O)/N=C(\OC(C)C)C(C)C(NC(=O)OC(C)(C)C)C2CCCCC2)cc1. The molecule has 2 rings (SSSR count). The van der Waals surface area contributed by atoms with Crippen LogP contribution in [0.25, 0.3) is 0 Å². The second-order valence-corrected chi connectivity index (χ2v) is 11.8. The number of hydrogen-bond donors (Lipinski definition) is 1. The number of carbonyl (C=O) groups is 1. The van der Waals surface area contributed by atoms with Gasteiger partial charge in [-0.25, -0.2) is 4.79 Å². The van der Waals surface area contributed by atoms with Crippen molar-refractivity contribution in [2.75, 3.05) is 0 Å². The van der Waals surface area contributed by atoms with Gasteiger partial charge in [-0.2, -0.15) is 8.42 Å². The molecule has 7 nitrogen and oxygen atoms in total. The van der Waals surface area contributed by atoms with E-state index < -0.39 is 27.6 Å². The summed E-state index contributed by atoms with van der Waals surface area (Å²) in [6.07, 6.45) is 4.42. The summed E-state index contributed by atoms with van der Waals surface area (Å²) in [4.78, 5) is 12.8. The molecule has 1 saturated carbocycles. The lowest BCUT2D eigenvalue weighted by Crippen LogP contribution is -2.49. The van der Waals surface area contributed by atoms with Gasteiger partial charge < -0.3 is 14.8 Å². The van der Waals surface area contributed by atoms with Crippen LogP contribution in [-0.2, 0) is 19.5 Å². The van der Waals surface area contributed by atoms with E-state index in [0.717, 1.165) is 37.7 Å². The number of hydrogen-bond acceptors (Lipinski definition) is 5. The summed E-state index contributed by atoms with van der Waals surface area (Å²) in [5.41, 5.74) is 0.328. The fourth-order valence-corrected chi connectivity index (χ4v) is 5.11. The second kappa shape index (κ2) is 11.4. The van der Waals surface area contributed by atoms with Gasteiger partial charge in [-0.15, -0.1) is 4.40 Å². The maximum atomic E-state index is 13.1. The van der Waals surface area contributed by atoms with Crippen LogP contribution >= 0.6 is 0 Å². The lowest BCUT2D eigenvalue weighted by atomic mass is 9.79. The fourth-order valence-electron chi connectivity index (χ4n) is 4.08. The van der Waals surface area contributed by atoms with E-state index in [1.54, 1.807) is 24.3 Å². The Morgan fingerprint density at radius 1 is 1.06 bits per heavy atom. The van der Waals surface area contributed by atoms with Gasteiger partial charge in [0.2, 0.25) is 5.90 Å². The number of nitrogens with zero attached hydrogens (tertiary/aromatic N) is 1. The molecule has 1 aliphatic carbocycles. The van der Waals surface area contributed by atoms with Crippen molar-refractivity contribution in [3.8, 4) is 0 Å². The Balaban J connectivity index is 2.41. The van der Waals surface area contributed by atoms with Crippen molar-refractivity contribution in [3.05, 3.63) is 29.8 Å². The molecule has 0 heterocycles. The minimum Gasteiger partial charge on any atom is -0.477 e. The van der Waals surface area contributed by atoms with Gasteiger partial charge in [0.1, 0.15) is 5.60 Å². The summed E-state index contributed by atoms with van der Waals surface area (Å²) < 4.78 is 41.7. The lowest BCUT2D eigenvalue weighted by Gasteiger charge is -2.35. The van der Waals surface area contributed by atoms with Gasteiger partial charge in [0.05, 0.1) is 16.9 Å². The number of benzene rings is 1. The number of sulfonamides is 1. The first-order valence-electron chi connectivity index (χ1n) is 11.9. The summed E-state index contributed by atoms with van der Waals surface area (Å²) in [6, 6.07) is 6.21. The van der Waals surface area contributed by atoms with Crippen molar-refractivity contribution in [1.82, 2.24) is 5.32 Å². The number of ether oxygens (including phenoxy) is 2. The molecule has 2 unspecified atom stereocenters. The molecule has 1 aliphatic rings. The van der Waals surface area contributed by atoms with E-state index >= 15 is 0 Å². The Morgan fingerprint density at radius 2 is 1.64 bits per heavy atom. The highest BCUT2D eigenvalue weighted by Gasteiger charge is 2.35. The zero-order chi connectivity index (χ0) is 24.8. The van der Waals surface area contributed by atoms with Crippen LogP contribution in [0, 0.1) is 18.8 Å². The Kier molecular flexibility index (Phi) is 9.35. The molecule has 8 heteroatoms. The van der Waals surface area contributed by atoms with Crippen LogP contribution in [0.15, 0.2) is 33.6 Å². The predicted molar refractivity (Wildman–Crippen MR) is 131 cm³/mol. The molecule has 1 amide bonds. The molecular weight excluding hydrogens is 440 g/mol. The number of nitrogens with one attached hydrogen (secondary N) is 1. The first-order chi connectivity index (χ1) is 15.3. The van der Waals surface area contributed by atoms with Gasteiger partial charge in [-0.05, 0) is 72.4 Å². The molecular formula is C25H40N2O5S. The smallest absolute Gasteiger partial charge is 0.407 e. The predicted octanol–water partition coefficient (Wildman–Crippen LogP) is 5.62. The number of carbonyl (C=O) groups excluding carboxylic acids is 1. The summed E-state index contributed by atoms with van der Waals surface area (Å²) in [6.45, 7) is 12.9. The highest BCUT2D eigenvalue weighted by Crippen LogP contribution is 2.31. The Morgan fingerprint density at radius 3 is 2.15 bits per heavy atom. The average Bonchev–Trinajstić information content (AvgIpc) is 2.70. The fraction of sp³-hybridized carbons (Fsp3) is 0.680. The summed E-state index contributed by atoms with van der Waals surface area (Å²) in [5.74, 6) is -0.162. The minimum absolute atomic E-state index is 0.109.